The van der Waals surface area contributed by atoms with Gasteiger partial charge in [0.1, 0.15) is 0 Å². The summed E-state index contributed by atoms with van der Waals surface area (Å²) >= 11 is 0. The highest BCUT2D eigenvalue weighted by atomic mass is 16.4. The number of aromatic carboxylic acids is 1. The van der Waals surface area contributed by atoms with Crippen LogP contribution >= 0.6 is 0 Å². The lowest BCUT2D eigenvalue weighted by atomic mass is 10.1. The van der Waals surface area contributed by atoms with Crippen LogP contribution in [0, 0.1) is 0 Å². The number of hydrogen-bond acceptors (Lipinski definition) is 3. The lowest BCUT2D eigenvalue weighted by Crippen LogP contribution is -2.43. The molecular formula is C12H16N2O2. The molecule has 0 spiro atoms. The van der Waals surface area contributed by atoms with Crippen molar-refractivity contribution in [3.8, 4) is 0 Å². The van der Waals surface area contributed by atoms with Crippen molar-refractivity contribution in [2.75, 3.05) is 26.2 Å². The van der Waals surface area contributed by atoms with Crippen molar-refractivity contribution in [3.63, 3.8) is 0 Å². The molecule has 0 aliphatic carbocycles. The second-order valence-corrected chi connectivity index (χ2v) is 3.99. The molecule has 0 aromatic heterocycles. The van der Waals surface area contributed by atoms with E-state index >= 15 is 0 Å². The molecule has 1 fully saturated rings. The number of carbonyl (C=O) groups is 1. The third-order valence-corrected chi connectivity index (χ3v) is 2.85. The molecule has 2 N–H and O–H groups in total. The average Bonchev–Trinajstić information content (AvgIpc) is 2.31. The molecule has 0 radical (unpaired) electrons. The summed E-state index contributed by atoms with van der Waals surface area (Å²) < 4.78 is 0. The summed E-state index contributed by atoms with van der Waals surface area (Å²) in [5.74, 6) is -0.842. The first kappa shape index (κ1) is 11.1. The van der Waals surface area contributed by atoms with E-state index in [4.69, 9.17) is 5.11 Å². The van der Waals surface area contributed by atoms with Crippen LogP contribution in [0.5, 0.6) is 0 Å². The van der Waals surface area contributed by atoms with Crippen LogP contribution in [0.1, 0.15) is 15.9 Å². The largest absolute Gasteiger partial charge is 0.478 e. The Hall–Kier alpha value is -1.39. The van der Waals surface area contributed by atoms with Crippen LogP contribution < -0.4 is 5.32 Å². The molecule has 0 atom stereocenters. The van der Waals surface area contributed by atoms with Gasteiger partial charge in [0, 0.05) is 32.7 Å². The molecular weight excluding hydrogens is 204 g/mol. The Morgan fingerprint density at radius 2 is 2.00 bits per heavy atom. The van der Waals surface area contributed by atoms with Gasteiger partial charge in [-0.05, 0) is 11.6 Å². The van der Waals surface area contributed by atoms with E-state index in [2.05, 4.69) is 10.2 Å². The number of rotatable bonds is 3. The van der Waals surface area contributed by atoms with Crippen molar-refractivity contribution in [3.05, 3.63) is 35.4 Å². The molecule has 4 heteroatoms. The number of nitrogens with one attached hydrogen (secondary N) is 1. The van der Waals surface area contributed by atoms with Gasteiger partial charge in [-0.3, -0.25) is 4.90 Å². The minimum atomic E-state index is -0.842. The smallest absolute Gasteiger partial charge is 0.336 e. The highest BCUT2D eigenvalue weighted by Crippen LogP contribution is 2.12. The summed E-state index contributed by atoms with van der Waals surface area (Å²) in [6.45, 7) is 4.65. The fourth-order valence-corrected chi connectivity index (χ4v) is 1.98. The van der Waals surface area contributed by atoms with E-state index in [1.54, 1.807) is 12.1 Å². The second-order valence-electron chi connectivity index (χ2n) is 3.99. The van der Waals surface area contributed by atoms with Gasteiger partial charge in [0.2, 0.25) is 0 Å². The average molecular weight is 220 g/mol. The summed E-state index contributed by atoms with van der Waals surface area (Å²) in [6.07, 6.45) is 0. The Labute approximate surface area is 94.9 Å². The van der Waals surface area contributed by atoms with E-state index in [9.17, 15) is 4.79 Å². The van der Waals surface area contributed by atoms with E-state index < -0.39 is 5.97 Å². The topological polar surface area (TPSA) is 52.6 Å². The molecule has 0 bridgehead atoms. The molecule has 0 unspecified atom stereocenters. The molecule has 86 valence electrons. The molecule has 1 aliphatic rings. The summed E-state index contributed by atoms with van der Waals surface area (Å²) in [6, 6.07) is 7.22. The highest BCUT2D eigenvalue weighted by molar-refractivity contribution is 5.89. The molecule has 0 amide bonds. The number of benzene rings is 1. The van der Waals surface area contributed by atoms with Gasteiger partial charge in [-0.1, -0.05) is 18.2 Å². The van der Waals surface area contributed by atoms with Gasteiger partial charge < -0.3 is 10.4 Å². The normalized spacial score (nSPS) is 17.2. The van der Waals surface area contributed by atoms with Crippen molar-refractivity contribution in [1.82, 2.24) is 10.2 Å². The SMILES string of the molecule is O=C(O)c1ccccc1CN1CCNCC1. The first-order valence-electron chi connectivity index (χ1n) is 5.51. The van der Waals surface area contributed by atoms with Gasteiger partial charge in [-0.2, -0.15) is 0 Å². The maximum Gasteiger partial charge on any atom is 0.336 e. The fourth-order valence-electron chi connectivity index (χ4n) is 1.98. The number of nitrogens with zero attached hydrogens (tertiary/aromatic N) is 1. The van der Waals surface area contributed by atoms with Gasteiger partial charge >= 0.3 is 5.97 Å². The van der Waals surface area contributed by atoms with Crippen molar-refractivity contribution in [1.29, 1.82) is 0 Å². The number of carboxylic acids is 1. The minimum Gasteiger partial charge on any atom is -0.478 e. The zero-order chi connectivity index (χ0) is 11.4. The zero-order valence-electron chi connectivity index (χ0n) is 9.15. The Morgan fingerprint density at radius 3 is 2.69 bits per heavy atom. The van der Waals surface area contributed by atoms with Crippen LogP contribution in [0.3, 0.4) is 0 Å². The van der Waals surface area contributed by atoms with Crippen LogP contribution in [-0.4, -0.2) is 42.2 Å². The summed E-state index contributed by atoms with van der Waals surface area (Å²) in [5, 5.41) is 12.3. The number of hydrogen-bond donors (Lipinski definition) is 2. The van der Waals surface area contributed by atoms with Gasteiger partial charge in [-0.25, -0.2) is 4.79 Å². The third-order valence-electron chi connectivity index (χ3n) is 2.85. The predicted octanol–water partition coefficient (Wildman–Crippen LogP) is 0.790. The molecule has 1 aromatic carbocycles. The quantitative estimate of drug-likeness (QED) is 0.790. The van der Waals surface area contributed by atoms with Crippen molar-refractivity contribution >= 4 is 5.97 Å². The van der Waals surface area contributed by atoms with Crippen LogP contribution in [0.4, 0.5) is 0 Å². The van der Waals surface area contributed by atoms with E-state index in [-0.39, 0.29) is 0 Å². The molecule has 1 saturated heterocycles. The third kappa shape index (κ3) is 2.59. The minimum absolute atomic E-state index is 0.418. The Morgan fingerprint density at radius 1 is 1.31 bits per heavy atom. The van der Waals surface area contributed by atoms with E-state index in [0.29, 0.717) is 5.56 Å². The van der Waals surface area contributed by atoms with Gasteiger partial charge in [-0.15, -0.1) is 0 Å². The first-order valence-corrected chi connectivity index (χ1v) is 5.51. The van der Waals surface area contributed by atoms with Crippen molar-refractivity contribution < 1.29 is 9.90 Å². The maximum atomic E-state index is 11.0. The van der Waals surface area contributed by atoms with E-state index in [1.165, 1.54) is 0 Å². The standard InChI is InChI=1S/C12H16N2O2/c15-12(16)11-4-2-1-3-10(11)9-14-7-5-13-6-8-14/h1-4,13H,5-9H2,(H,15,16). The van der Waals surface area contributed by atoms with Crippen molar-refractivity contribution in [2.24, 2.45) is 0 Å². The van der Waals surface area contributed by atoms with Crippen LogP contribution in [-0.2, 0) is 6.54 Å². The molecule has 4 nitrogen and oxygen atoms in total. The van der Waals surface area contributed by atoms with E-state index in [1.807, 2.05) is 12.1 Å². The van der Waals surface area contributed by atoms with E-state index in [0.717, 1.165) is 38.3 Å². The summed E-state index contributed by atoms with van der Waals surface area (Å²) in [7, 11) is 0. The first-order chi connectivity index (χ1) is 7.77. The second kappa shape index (κ2) is 5.09. The van der Waals surface area contributed by atoms with Crippen LogP contribution in [0.2, 0.25) is 0 Å². The van der Waals surface area contributed by atoms with Crippen LogP contribution in [0.15, 0.2) is 24.3 Å². The fraction of sp³-hybridized carbons (Fsp3) is 0.417. The Kier molecular flexibility index (Phi) is 3.54. The summed E-state index contributed by atoms with van der Waals surface area (Å²) in [4.78, 5) is 13.3. The molecule has 16 heavy (non-hydrogen) atoms. The highest BCUT2D eigenvalue weighted by Gasteiger charge is 2.14. The molecule has 1 aromatic rings. The van der Waals surface area contributed by atoms with Gasteiger partial charge in [0.15, 0.2) is 0 Å². The molecule has 0 saturated carbocycles. The number of carboxylic acid groups (broad SMARTS) is 1. The molecule has 1 aliphatic heterocycles. The Balaban J connectivity index is 2.10. The predicted molar refractivity (Wildman–Crippen MR) is 61.5 cm³/mol. The molecule has 2 rings (SSSR count). The monoisotopic (exact) mass is 220 g/mol. The Bertz CT molecular complexity index is 373. The molecule has 1 heterocycles. The number of piperazine rings is 1. The summed E-state index contributed by atoms with van der Waals surface area (Å²) in [5.41, 5.74) is 1.32. The lowest BCUT2D eigenvalue weighted by Gasteiger charge is -2.27. The zero-order valence-corrected chi connectivity index (χ0v) is 9.15. The van der Waals surface area contributed by atoms with Crippen molar-refractivity contribution in [2.45, 2.75) is 6.54 Å². The van der Waals surface area contributed by atoms with Gasteiger partial charge in [0.25, 0.3) is 0 Å². The maximum absolute atomic E-state index is 11.0. The van der Waals surface area contributed by atoms with Crippen LogP contribution in [0.25, 0.3) is 0 Å². The van der Waals surface area contributed by atoms with Gasteiger partial charge in [0.05, 0.1) is 5.56 Å². The lowest BCUT2D eigenvalue weighted by molar-refractivity contribution is 0.0694.